The van der Waals surface area contributed by atoms with Crippen LogP contribution in [0.15, 0.2) is 41.8 Å². The van der Waals surface area contributed by atoms with Crippen LogP contribution in [0.4, 0.5) is 13.6 Å². The van der Waals surface area contributed by atoms with E-state index in [1.807, 2.05) is 0 Å². The van der Waals surface area contributed by atoms with Gasteiger partial charge >= 0.3 is 6.09 Å². The molecule has 1 N–H and O–H groups in total. The molecule has 0 aliphatic rings. The van der Waals surface area contributed by atoms with Crippen molar-refractivity contribution in [2.75, 3.05) is 7.05 Å². The zero-order valence-corrected chi connectivity index (χ0v) is 15.6. The lowest BCUT2D eigenvalue weighted by molar-refractivity contribution is 0.141. The van der Waals surface area contributed by atoms with Gasteiger partial charge in [-0.1, -0.05) is 0 Å². The first-order chi connectivity index (χ1) is 13.3. The molecule has 0 aliphatic carbocycles. The summed E-state index contributed by atoms with van der Waals surface area (Å²) in [6, 6.07) is 2.53. The quantitative estimate of drug-likeness (QED) is 0.640. The maximum atomic E-state index is 15.1. The molecule has 0 radical (unpaired) electrons. The molecule has 3 aromatic heterocycles. The molecule has 0 aromatic carbocycles. The van der Waals surface area contributed by atoms with Crippen LogP contribution < -0.4 is 5.32 Å². The molecule has 1 amide bonds. The van der Waals surface area contributed by atoms with Crippen molar-refractivity contribution in [1.29, 1.82) is 0 Å². The molecule has 0 saturated carbocycles. The predicted octanol–water partition coefficient (Wildman–Crippen LogP) is 1.65. The summed E-state index contributed by atoms with van der Waals surface area (Å²) in [7, 11) is -1.49. The fourth-order valence-corrected chi connectivity index (χ4v) is 3.84. The molecule has 12 heteroatoms. The topological polar surface area (TPSA) is 108 Å². The standard InChI is InChI=1S/C16H15F2N5O4S/c1-19-16(24)27-9-10-7-23(28(25,26)11-6-21-22(2)8-11)14(13(10)17)12-4-3-5-20-15(12)18/h3-8H,9H2,1-2H3,(H,19,24). The maximum Gasteiger partial charge on any atom is 0.407 e. The van der Waals surface area contributed by atoms with Gasteiger partial charge in [0.2, 0.25) is 5.95 Å². The van der Waals surface area contributed by atoms with Crippen LogP contribution in [-0.2, 0) is 28.4 Å². The highest BCUT2D eigenvalue weighted by Gasteiger charge is 2.29. The Hall–Kier alpha value is -3.28. The average molecular weight is 411 g/mol. The van der Waals surface area contributed by atoms with Gasteiger partial charge < -0.3 is 10.1 Å². The highest BCUT2D eigenvalue weighted by atomic mass is 32.2. The molecular formula is C16H15F2N5O4S. The van der Waals surface area contributed by atoms with Crippen LogP contribution in [0.25, 0.3) is 11.3 Å². The fourth-order valence-electron chi connectivity index (χ4n) is 2.46. The summed E-state index contributed by atoms with van der Waals surface area (Å²) in [6.07, 6.45) is 3.54. The molecule has 3 rings (SSSR count). The Bertz CT molecular complexity index is 1140. The number of carbonyl (C=O) groups excluding carboxylic acids is 1. The number of aryl methyl sites for hydroxylation is 1. The molecule has 0 atom stereocenters. The Kier molecular flexibility index (Phi) is 5.14. The van der Waals surface area contributed by atoms with Crippen molar-refractivity contribution in [3.63, 3.8) is 0 Å². The highest BCUT2D eigenvalue weighted by molar-refractivity contribution is 7.90. The number of hydrogen-bond donors (Lipinski definition) is 1. The van der Waals surface area contributed by atoms with E-state index in [1.54, 1.807) is 0 Å². The summed E-state index contributed by atoms with van der Waals surface area (Å²) in [5.74, 6) is -2.11. The molecule has 9 nitrogen and oxygen atoms in total. The summed E-state index contributed by atoms with van der Waals surface area (Å²) in [6.45, 7) is -0.560. The largest absolute Gasteiger partial charge is 0.445 e. The zero-order chi connectivity index (χ0) is 20.5. The Morgan fingerprint density at radius 3 is 2.68 bits per heavy atom. The van der Waals surface area contributed by atoms with Gasteiger partial charge in [0.15, 0.2) is 5.82 Å². The van der Waals surface area contributed by atoms with Crippen LogP contribution in [0.3, 0.4) is 0 Å². The van der Waals surface area contributed by atoms with Gasteiger partial charge in [-0.15, -0.1) is 0 Å². The van der Waals surface area contributed by atoms with Crippen molar-refractivity contribution in [1.82, 2.24) is 24.1 Å². The van der Waals surface area contributed by atoms with E-state index < -0.39 is 40.2 Å². The summed E-state index contributed by atoms with van der Waals surface area (Å²) in [5, 5.41) is 5.98. The molecule has 0 saturated heterocycles. The number of aromatic nitrogens is 4. The van der Waals surface area contributed by atoms with Gasteiger partial charge in [-0.2, -0.15) is 9.49 Å². The average Bonchev–Trinajstić information content (AvgIpc) is 3.25. The normalized spacial score (nSPS) is 11.4. The minimum Gasteiger partial charge on any atom is -0.445 e. The number of hydrogen-bond acceptors (Lipinski definition) is 6. The first-order valence-electron chi connectivity index (χ1n) is 7.85. The van der Waals surface area contributed by atoms with Crippen LogP contribution in [0.1, 0.15) is 5.56 Å². The number of nitrogens with zero attached hydrogens (tertiary/aromatic N) is 4. The molecule has 0 bridgehead atoms. The lowest BCUT2D eigenvalue weighted by Crippen LogP contribution is -2.19. The van der Waals surface area contributed by atoms with Gasteiger partial charge in [-0.3, -0.25) is 4.68 Å². The van der Waals surface area contributed by atoms with Gasteiger partial charge in [0.05, 0.1) is 11.8 Å². The van der Waals surface area contributed by atoms with Crippen LogP contribution in [-0.4, -0.2) is 40.3 Å². The van der Waals surface area contributed by atoms with Crippen molar-refractivity contribution in [2.45, 2.75) is 11.5 Å². The minimum atomic E-state index is -4.32. The number of halogens is 2. The molecule has 0 spiro atoms. The molecule has 0 fully saturated rings. The SMILES string of the molecule is CNC(=O)OCc1cn(S(=O)(=O)c2cnn(C)c2)c(-c2cccnc2F)c1F. The van der Waals surface area contributed by atoms with E-state index in [2.05, 4.69) is 15.4 Å². The van der Waals surface area contributed by atoms with Crippen molar-refractivity contribution in [2.24, 2.45) is 7.05 Å². The van der Waals surface area contributed by atoms with E-state index in [4.69, 9.17) is 4.74 Å². The van der Waals surface area contributed by atoms with Crippen molar-refractivity contribution in [3.8, 4) is 11.3 Å². The van der Waals surface area contributed by atoms with Gasteiger partial charge in [0.1, 0.15) is 17.2 Å². The number of rotatable bonds is 5. The minimum absolute atomic E-state index is 0.227. The van der Waals surface area contributed by atoms with E-state index in [-0.39, 0.29) is 16.0 Å². The van der Waals surface area contributed by atoms with E-state index in [1.165, 1.54) is 37.1 Å². The fraction of sp³-hybridized carbons (Fsp3) is 0.188. The second kappa shape index (κ2) is 7.38. The zero-order valence-electron chi connectivity index (χ0n) is 14.8. The second-order valence-electron chi connectivity index (χ2n) is 5.64. The summed E-state index contributed by atoms with van der Waals surface area (Å²) < 4.78 is 61.9. The van der Waals surface area contributed by atoms with E-state index >= 15 is 4.39 Å². The molecule has 28 heavy (non-hydrogen) atoms. The Labute approximate surface area is 158 Å². The van der Waals surface area contributed by atoms with Gasteiger partial charge in [-0.25, -0.2) is 26.6 Å². The second-order valence-corrected chi connectivity index (χ2v) is 7.45. The summed E-state index contributed by atoms with van der Waals surface area (Å²) in [4.78, 5) is 14.5. The lowest BCUT2D eigenvalue weighted by atomic mass is 10.2. The molecular weight excluding hydrogens is 396 g/mol. The number of ether oxygens (including phenoxy) is 1. The monoisotopic (exact) mass is 411 g/mol. The number of pyridine rings is 1. The maximum absolute atomic E-state index is 15.1. The van der Waals surface area contributed by atoms with Crippen LogP contribution in [0.5, 0.6) is 0 Å². The number of nitrogens with one attached hydrogen (secondary N) is 1. The Morgan fingerprint density at radius 2 is 2.07 bits per heavy atom. The Morgan fingerprint density at radius 1 is 1.32 bits per heavy atom. The van der Waals surface area contributed by atoms with Crippen molar-refractivity contribution < 1.29 is 26.7 Å². The predicted molar refractivity (Wildman–Crippen MR) is 92.6 cm³/mol. The third kappa shape index (κ3) is 3.45. The highest BCUT2D eigenvalue weighted by Crippen LogP contribution is 2.32. The first-order valence-corrected chi connectivity index (χ1v) is 9.29. The first kappa shape index (κ1) is 19.5. The summed E-state index contributed by atoms with van der Waals surface area (Å²) in [5.41, 5.74) is -1.18. The van der Waals surface area contributed by atoms with Crippen LogP contribution in [0.2, 0.25) is 0 Å². The third-order valence-corrected chi connectivity index (χ3v) is 5.41. The number of carbonyl (C=O) groups is 1. The number of alkyl carbamates (subject to hydrolysis) is 1. The summed E-state index contributed by atoms with van der Waals surface area (Å²) >= 11 is 0. The van der Waals surface area contributed by atoms with Gasteiger partial charge in [-0.05, 0) is 12.1 Å². The van der Waals surface area contributed by atoms with Crippen molar-refractivity contribution in [3.05, 3.63) is 54.2 Å². The van der Waals surface area contributed by atoms with Crippen molar-refractivity contribution >= 4 is 16.1 Å². The van der Waals surface area contributed by atoms with Gasteiger partial charge in [0.25, 0.3) is 10.0 Å². The molecule has 3 aromatic rings. The van der Waals surface area contributed by atoms with Crippen LogP contribution >= 0.6 is 0 Å². The van der Waals surface area contributed by atoms with E-state index in [9.17, 15) is 17.6 Å². The van der Waals surface area contributed by atoms with Crippen LogP contribution in [0, 0.1) is 11.8 Å². The molecule has 0 aliphatic heterocycles. The smallest absolute Gasteiger partial charge is 0.407 e. The van der Waals surface area contributed by atoms with E-state index in [0.717, 1.165) is 18.6 Å². The van der Waals surface area contributed by atoms with Gasteiger partial charge in [0, 0.05) is 38.2 Å². The Balaban J connectivity index is 2.20. The molecule has 3 heterocycles. The number of amides is 1. The molecule has 148 valence electrons. The third-order valence-electron chi connectivity index (χ3n) is 3.80. The lowest BCUT2D eigenvalue weighted by Gasteiger charge is -2.09. The molecule has 0 unspecified atom stereocenters. The van der Waals surface area contributed by atoms with E-state index in [0.29, 0.717) is 3.97 Å².